The largest absolute Gasteiger partial charge is 0.508 e. The number of hydrogen-bond acceptors (Lipinski definition) is 5. The highest BCUT2D eigenvalue weighted by atomic mass is 16.4. The first-order chi connectivity index (χ1) is 13.3. The van der Waals surface area contributed by atoms with Crippen molar-refractivity contribution < 1.29 is 19.1 Å². The Labute approximate surface area is 161 Å². The number of nitrogens with one attached hydrogen (secondary N) is 1. The molecule has 0 unspecified atom stereocenters. The van der Waals surface area contributed by atoms with Crippen molar-refractivity contribution in [3.05, 3.63) is 69.1 Å². The SMILES string of the molecule is CC(=O)c1cccc(NC(=O)CCc2c(C)c3ccc(O)c(C)c3oc2=O)c1. The highest BCUT2D eigenvalue weighted by molar-refractivity contribution is 5.97. The second-order valence-electron chi connectivity index (χ2n) is 6.76. The number of benzene rings is 2. The highest BCUT2D eigenvalue weighted by Gasteiger charge is 2.15. The highest BCUT2D eigenvalue weighted by Crippen LogP contribution is 2.28. The van der Waals surface area contributed by atoms with Crippen molar-refractivity contribution in [1.29, 1.82) is 0 Å². The Balaban J connectivity index is 1.79. The van der Waals surface area contributed by atoms with Crippen LogP contribution in [0.25, 0.3) is 11.0 Å². The number of rotatable bonds is 5. The number of anilines is 1. The van der Waals surface area contributed by atoms with Crippen LogP contribution in [0.3, 0.4) is 0 Å². The van der Waals surface area contributed by atoms with Gasteiger partial charge >= 0.3 is 5.63 Å². The van der Waals surface area contributed by atoms with Crippen molar-refractivity contribution >= 4 is 28.3 Å². The lowest BCUT2D eigenvalue weighted by molar-refractivity contribution is -0.116. The Hall–Kier alpha value is -3.41. The lowest BCUT2D eigenvalue weighted by Crippen LogP contribution is -2.17. The van der Waals surface area contributed by atoms with Gasteiger partial charge in [0.1, 0.15) is 11.3 Å². The van der Waals surface area contributed by atoms with E-state index in [-0.39, 0.29) is 30.3 Å². The molecule has 3 rings (SSSR count). The van der Waals surface area contributed by atoms with Gasteiger partial charge in [-0.2, -0.15) is 0 Å². The second-order valence-corrected chi connectivity index (χ2v) is 6.76. The van der Waals surface area contributed by atoms with Crippen LogP contribution in [0.2, 0.25) is 0 Å². The molecule has 2 N–H and O–H groups in total. The number of aromatic hydroxyl groups is 1. The second kappa shape index (κ2) is 7.68. The van der Waals surface area contributed by atoms with E-state index in [0.717, 1.165) is 10.9 Å². The average molecular weight is 379 g/mol. The van der Waals surface area contributed by atoms with Crippen LogP contribution < -0.4 is 10.9 Å². The van der Waals surface area contributed by atoms with Crippen molar-refractivity contribution in [2.75, 3.05) is 5.32 Å². The van der Waals surface area contributed by atoms with Gasteiger partial charge in [-0.15, -0.1) is 0 Å². The van der Waals surface area contributed by atoms with Gasteiger partial charge in [0.25, 0.3) is 0 Å². The first-order valence-corrected chi connectivity index (χ1v) is 8.93. The van der Waals surface area contributed by atoms with Crippen LogP contribution in [-0.4, -0.2) is 16.8 Å². The Kier molecular flexibility index (Phi) is 5.31. The number of phenolic OH excluding ortho intramolecular Hbond substituents is 1. The van der Waals surface area contributed by atoms with E-state index >= 15 is 0 Å². The molecule has 1 amide bonds. The van der Waals surface area contributed by atoms with E-state index in [4.69, 9.17) is 4.42 Å². The monoisotopic (exact) mass is 379 g/mol. The first kappa shape index (κ1) is 19.4. The summed E-state index contributed by atoms with van der Waals surface area (Å²) in [5.41, 5.74) is 2.58. The lowest BCUT2D eigenvalue weighted by atomic mass is 10.0. The molecule has 6 heteroatoms. The third-order valence-corrected chi connectivity index (χ3v) is 4.83. The van der Waals surface area contributed by atoms with Crippen LogP contribution in [0.4, 0.5) is 5.69 Å². The van der Waals surface area contributed by atoms with E-state index in [0.29, 0.717) is 28.0 Å². The number of carbonyl (C=O) groups excluding carboxylic acids is 2. The van der Waals surface area contributed by atoms with Gasteiger partial charge in [-0.05, 0) is 57.0 Å². The van der Waals surface area contributed by atoms with Gasteiger partial charge in [0.05, 0.1) is 0 Å². The van der Waals surface area contributed by atoms with Gasteiger partial charge in [-0.1, -0.05) is 12.1 Å². The van der Waals surface area contributed by atoms with E-state index in [1.165, 1.54) is 6.92 Å². The fourth-order valence-corrected chi connectivity index (χ4v) is 3.15. The Morgan fingerprint density at radius 2 is 1.86 bits per heavy atom. The number of carbonyl (C=O) groups is 2. The predicted octanol–water partition coefficient (Wildman–Crippen LogP) is 3.89. The molecule has 28 heavy (non-hydrogen) atoms. The molecule has 0 aliphatic carbocycles. The van der Waals surface area contributed by atoms with Crippen LogP contribution in [-0.2, 0) is 11.2 Å². The molecule has 0 radical (unpaired) electrons. The summed E-state index contributed by atoms with van der Waals surface area (Å²) in [5.74, 6) is -0.279. The quantitative estimate of drug-likeness (QED) is 0.518. The average Bonchev–Trinajstić information content (AvgIpc) is 2.65. The molecule has 0 aliphatic rings. The van der Waals surface area contributed by atoms with E-state index in [2.05, 4.69) is 5.32 Å². The summed E-state index contributed by atoms with van der Waals surface area (Å²) in [5, 5.41) is 13.3. The molecule has 0 atom stereocenters. The molecule has 0 saturated heterocycles. The van der Waals surface area contributed by atoms with Gasteiger partial charge in [-0.3, -0.25) is 9.59 Å². The summed E-state index contributed by atoms with van der Waals surface area (Å²) in [6.07, 6.45) is 0.320. The fourth-order valence-electron chi connectivity index (χ4n) is 3.15. The maximum atomic E-state index is 12.4. The molecule has 1 aromatic heterocycles. The van der Waals surface area contributed by atoms with Crippen molar-refractivity contribution in [1.82, 2.24) is 0 Å². The molecule has 6 nitrogen and oxygen atoms in total. The molecule has 0 fully saturated rings. The normalized spacial score (nSPS) is 10.8. The fraction of sp³-hybridized carbons (Fsp3) is 0.227. The van der Waals surface area contributed by atoms with Crippen molar-refractivity contribution in [2.24, 2.45) is 0 Å². The molecule has 0 saturated carbocycles. The van der Waals surface area contributed by atoms with Crippen molar-refractivity contribution in [3.63, 3.8) is 0 Å². The van der Waals surface area contributed by atoms with Crippen LogP contribution in [0.1, 0.15) is 40.4 Å². The molecule has 0 spiro atoms. The Morgan fingerprint density at radius 1 is 1.11 bits per heavy atom. The summed E-state index contributed by atoms with van der Waals surface area (Å²) in [6.45, 7) is 4.95. The van der Waals surface area contributed by atoms with Gasteiger partial charge in [0.15, 0.2) is 5.78 Å². The summed E-state index contributed by atoms with van der Waals surface area (Å²) in [6, 6.07) is 9.96. The van der Waals surface area contributed by atoms with E-state index in [9.17, 15) is 19.5 Å². The predicted molar refractivity (Wildman–Crippen MR) is 107 cm³/mol. The van der Waals surface area contributed by atoms with Crippen molar-refractivity contribution in [2.45, 2.75) is 33.6 Å². The first-order valence-electron chi connectivity index (χ1n) is 8.93. The maximum Gasteiger partial charge on any atom is 0.339 e. The number of aryl methyl sites for hydroxylation is 2. The number of Topliss-reactive ketones (excluding diaryl/α,β-unsaturated/α-hetero) is 1. The topological polar surface area (TPSA) is 96.6 Å². The van der Waals surface area contributed by atoms with E-state index < -0.39 is 5.63 Å². The molecular formula is C22H21NO5. The zero-order valence-electron chi connectivity index (χ0n) is 16.0. The van der Waals surface area contributed by atoms with Gasteiger partial charge in [0.2, 0.25) is 5.91 Å². The Bertz CT molecular complexity index is 1140. The van der Waals surface area contributed by atoms with E-state index in [1.54, 1.807) is 50.2 Å². The summed E-state index contributed by atoms with van der Waals surface area (Å²) >= 11 is 0. The smallest absolute Gasteiger partial charge is 0.339 e. The number of amides is 1. The minimum absolute atomic E-state index is 0.0648. The lowest BCUT2D eigenvalue weighted by Gasteiger charge is -2.10. The molecule has 2 aromatic carbocycles. The van der Waals surface area contributed by atoms with Crippen molar-refractivity contribution in [3.8, 4) is 5.75 Å². The minimum atomic E-state index is -0.509. The molecule has 3 aromatic rings. The van der Waals surface area contributed by atoms with Crippen LogP contribution in [0.15, 0.2) is 45.6 Å². The zero-order chi connectivity index (χ0) is 20.4. The maximum absolute atomic E-state index is 12.4. The molecule has 144 valence electrons. The van der Waals surface area contributed by atoms with Gasteiger partial charge < -0.3 is 14.8 Å². The van der Waals surface area contributed by atoms with Crippen LogP contribution in [0.5, 0.6) is 5.75 Å². The number of fused-ring (bicyclic) bond motifs is 1. The summed E-state index contributed by atoms with van der Waals surface area (Å²) in [4.78, 5) is 36.1. The minimum Gasteiger partial charge on any atom is -0.508 e. The Morgan fingerprint density at radius 3 is 2.57 bits per heavy atom. The standard InChI is InChI=1S/C22H21NO5/c1-12-17-7-9-19(25)13(2)21(17)28-22(27)18(12)8-10-20(26)23-16-6-4-5-15(11-16)14(3)24/h4-7,9,11,25H,8,10H2,1-3H3,(H,23,26). The molecule has 0 aliphatic heterocycles. The van der Waals surface area contributed by atoms with Gasteiger partial charge in [0, 0.05) is 34.2 Å². The molecule has 0 bridgehead atoms. The van der Waals surface area contributed by atoms with E-state index in [1.807, 2.05) is 0 Å². The van der Waals surface area contributed by atoms with Crippen LogP contribution >= 0.6 is 0 Å². The number of ketones is 1. The molecular weight excluding hydrogens is 358 g/mol. The van der Waals surface area contributed by atoms with Gasteiger partial charge in [-0.25, -0.2) is 4.79 Å². The third kappa shape index (κ3) is 3.81. The number of hydrogen-bond donors (Lipinski definition) is 2. The summed E-state index contributed by atoms with van der Waals surface area (Å²) in [7, 11) is 0. The number of phenols is 1. The third-order valence-electron chi connectivity index (χ3n) is 4.83. The molecule has 1 heterocycles. The summed E-state index contributed by atoms with van der Waals surface area (Å²) < 4.78 is 5.39. The zero-order valence-corrected chi connectivity index (χ0v) is 16.0. The van der Waals surface area contributed by atoms with Crippen LogP contribution in [0, 0.1) is 13.8 Å².